The van der Waals surface area contributed by atoms with Crippen molar-refractivity contribution in [3.8, 4) is 0 Å². The van der Waals surface area contributed by atoms with Gasteiger partial charge in [0.1, 0.15) is 0 Å². The van der Waals surface area contributed by atoms with Crippen LogP contribution >= 0.6 is 0 Å². The summed E-state index contributed by atoms with van der Waals surface area (Å²) in [5, 5.41) is 0. The number of esters is 1. The number of hydrogen-bond acceptors (Lipinski definition) is 4. The normalized spacial score (nSPS) is 10.1. The van der Waals surface area contributed by atoms with Gasteiger partial charge in [0.15, 0.2) is 0 Å². The number of nitrogens with two attached hydrogens (primary N) is 1. The number of ether oxygens (including phenoxy) is 2. The average Bonchev–Trinajstić information content (AvgIpc) is 2.29. The molecule has 0 aliphatic rings. The molecule has 0 atom stereocenters. The van der Waals surface area contributed by atoms with Gasteiger partial charge in [0.25, 0.3) is 0 Å². The van der Waals surface area contributed by atoms with Crippen molar-refractivity contribution in [3.63, 3.8) is 0 Å². The van der Waals surface area contributed by atoms with Crippen LogP contribution in [0, 0.1) is 0 Å². The lowest BCUT2D eigenvalue weighted by atomic mass is 10.2. The number of carbonyl (C=O) groups excluding carboxylic acids is 1. The topological polar surface area (TPSA) is 61.5 Å². The first-order chi connectivity index (χ1) is 7.74. The summed E-state index contributed by atoms with van der Waals surface area (Å²) in [6.45, 7) is 3.61. The van der Waals surface area contributed by atoms with E-state index in [1.807, 2.05) is 6.92 Å². The van der Waals surface area contributed by atoms with Crippen LogP contribution in [0.5, 0.6) is 0 Å². The smallest absolute Gasteiger partial charge is 0.338 e. The summed E-state index contributed by atoms with van der Waals surface area (Å²) in [4.78, 5) is 11.5. The third-order valence-corrected chi connectivity index (χ3v) is 2.02. The molecule has 1 aromatic carbocycles. The summed E-state index contributed by atoms with van der Waals surface area (Å²) in [6.07, 6.45) is 0.717. The van der Waals surface area contributed by atoms with Gasteiger partial charge < -0.3 is 15.2 Å². The van der Waals surface area contributed by atoms with E-state index in [0.29, 0.717) is 37.5 Å². The van der Waals surface area contributed by atoms with E-state index in [1.165, 1.54) is 0 Å². The van der Waals surface area contributed by atoms with E-state index >= 15 is 0 Å². The minimum atomic E-state index is -0.323. The number of hydrogen-bond donors (Lipinski definition) is 1. The molecule has 0 radical (unpaired) electrons. The van der Waals surface area contributed by atoms with Gasteiger partial charge in [0.2, 0.25) is 0 Å². The number of benzene rings is 1. The summed E-state index contributed by atoms with van der Waals surface area (Å²) in [7, 11) is 0. The average molecular weight is 223 g/mol. The molecule has 0 heterocycles. The zero-order valence-corrected chi connectivity index (χ0v) is 9.44. The number of anilines is 1. The van der Waals surface area contributed by atoms with Gasteiger partial charge in [-0.3, -0.25) is 0 Å². The molecule has 1 rings (SSSR count). The summed E-state index contributed by atoms with van der Waals surface area (Å²) < 4.78 is 10.2. The van der Waals surface area contributed by atoms with Gasteiger partial charge in [0.05, 0.1) is 12.2 Å². The first-order valence-electron chi connectivity index (χ1n) is 5.34. The van der Waals surface area contributed by atoms with Gasteiger partial charge in [-0.2, -0.15) is 0 Å². The second-order valence-electron chi connectivity index (χ2n) is 3.31. The maximum atomic E-state index is 11.5. The summed E-state index contributed by atoms with van der Waals surface area (Å²) >= 11 is 0. The van der Waals surface area contributed by atoms with Gasteiger partial charge in [-0.05, 0) is 31.2 Å². The fraction of sp³-hybridized carbons (Fsp3) is 0.417. The van der Waals surface area contributed by atoms with Crippen LogP contribution in [0.1, 0.15) is 23.7 Å². The highest BCUT2D eigenvalue weighted by Crippen LogP contribution is 2.06. The van der Waals surface area contributed by atoms with Gasteiger partial charge in [-0.15, -0.1) is 0 Å². The van der Waals surface area contributed by atoms with E-state index in [1.54, 1.807) is 24.3 Å². The molecular weight excluding hydrogens is 206 g/mol. The second-order valence-corrected chi connectivity index (χ2v) is 3.31. The Bertz CT molecular complexity index is 322. The SMILES string of the molecule is CCOCCCOC(=O)c1ccc(N)cc1. The molecule has 0 spiro atoms. The van der Waals surface area contributed by atoms with E-state index in [0.717, 1.165) is 0 Å². The maximum Gasteiger partial charge on any atom is 0.338 e. The number of carbonyl (C=O) groups is 1. The minimum absolute atomic E-state index is 0.323. The van der Waals surface area contributed by atoms with E-state index in [9.17, 15) is 4.79 Å². The number of nitrogen functional groups attached to an aromatic ring is 1. The van der Waals surface area contributed by atoms with Crippen LogP contribution in [-0.2, 0) is 9.47 Å². The summed E-state index contributed by atoms with van der Waals surface area (Å²) in [5.74, 6) is -0.323. The Kier molecular flexibility index (Phi) is 5.36. The van der Waals surface area contributed by atoms with Crippen LogP contribution in [0.2, 0.25) is 0 Å². The standard InChI is InChI=1S/C12H17NO3/c1-2-15-8-3-9-16-12(14)10-4-6-11(13)7-5-10/h4-7H,2-3,8-9,13H2,1H3. The highest BCUT2D eigenvalue weighted by molar-refractivity contribution is 5.89. The van der Waals surface area contributed by atoms with Crippen molar-refractivity contribution in [1.82, 2.24) is 0 Å². The minimum Gasteiger partial charge on any atom is -0.462 e. The lowest BCUT2D eigenvalue weighted by Crippen LogP contribution is -2.08. The van der Waals surface area contributed by atoms with Gasteiger partial charge in [-0.25, -0.2) is 4.79 Å². The molecule has 2 N–H and O–H groups in total. The molecule has 4 heteroatoms. The molecule has 0 amide bonds. The van der Waals surface area contributed by atoms with Crippen LogP contribution in [0.15, 0.2) is 24.3 Å². The molecule has 0 bridgehead atoms. The summed E-state index contributed by atoms with van der Waals surface area (Å²) in [6, 6.07) is 6.66. The van der Waals surface area contributed by atoms with Crippen LogP contribution < -0.4 is 5.73 Å². The quantitative estimate of drug-likeness (QED) is 0.454. The van der Waals surface area contributed by atoms with E-state index in [4.69, 9.17) is 15.2 Å². The van der Waals surface area contributed by atoms with E-state index in [2.05, 4.69) is 0 Å². The van der Waals surface area contributed by atoms with Crippen LogP contribution in [0.4, 0.5) is 5.69 Å². The molecule has 0 aliphatic heterocycles. The van der Waals surface area contributed by atoms with Crippen LogP contribution in [-0.4, -0.2) is 25.8 Å². The Balaban J connectivity index is 2.27. The lowest BCUT2D eigenvalue weighted by molar-refractivity contribution is 0.0452. The van der Waals surface area contributed by atoms with E-state index in [-0.39, 0.29) is 5.97 Å². The predicted octanol–water partition coefficient (Wildman–Crippen LogP) is 1.85. The predicted molar refractivity (Wildman–Crippen MR) is 62.2 cm³/mol. The molecule has 0 saturated carbocycles. The van der Waals surface area contributed by atoms with Crippen molar-refractivity contribution in [3.05, 3.63) is 29.8 Å². The van der Waals surface area contributed by atoms with Crippen molar-refractivity contribution in [2.24, 2.45) is 0 Å². The molecule has 0 aromatic heterocycles. The molecule has 1 aromatic rings. The highest BCUT2D eigenvalue weighted by Gasteiger charge is 2.05. The Morgan fingerprint density at radius 3 is 2.56 bits per heavy atom. The van der Waals surface area contributed by atoms with Gasteiger partial charge in [0, 0.05) is 25.3 Å². The third-order valence-electron chi connectivity index (χ3n) is 2.02. The van der Waals surface area contributed by atoms with Gasteiger partial charge >= 0.3 is 5.97 Å². The molecule has 4 nitrogen and oxygen atoms in total. The molecule has 0 aliphatic carbocycles. The summed E-state index contributed by atoms with van der Waals surface area (Å²) in [5.41, 5.74) is 6.66. The lowest BCUT2D eigenvalue weighted by Gasteiger charge is -2.05. The second kappa shape index (κ2) is 6.85. The third kappa shape index (κ3) is 4.31. The van der Waals surface area contributed by atoms with Crippen molar-refractivity contribution >= 4 is 11.7 Å². The molecule has 16 heavy (non-hydrogen) atoms. The largest absolute Gasteiger partial charge is 0.462 e. The maximum absolute atomic E-state index is 11.5. The van der Waals surface area contributed by atoms with Crippen molar-refractivity contribution in [2.45, 2.75) is 13.3 Å². The molecule has 0 unspecified atom stereocenters. The van der Waals surface area contributed by atoms with Crippen LogP contribution in [0.25, 0.3) is 0 Å². The zero-order valence-electron chi connectivity index (χ0n) is 9.44. The first kappa shape index (κ1) is 12.5. The Morgan fingerprint density at radius 1 is 1.25 bits per heavy atom. The molecule has 0 fully saturated rings. The van der Waals surface area contributed by atoms with Crippen LogP contribution in [0.3, 0.4) is 0 Å². The molecule has 0 saturated heterocycles. The fourth-order valence-electron chi connectivity index (χ4n) is 1.17. The van der Waals surface area contributed by atoms with Crippen molar-refractivity contribution < 1.29 is 14.3 Å². The monoisotopic (exact) mass is 223 g/mol. The fourth-order valence-corrected chi connectivity index (χ4v) is 1.17. The van der Waals surface area contributed by atoms with Crippen molar-refractivity contribution in [1.29, 1.82) is 0 Å². The molecule has 88 valence electrons. The van der Waals surface area contributed by atoms with Gasteiger partial charge in [-0.1, -0.05) is 0 Å². The first-order valence-corrected chi connectivity index (χ1v) is 5.34. The molecular formula is C12H17NO3. The Labute approximate surface area is 95.3 Å². The number of rotatable bonds is 6. The zero-order chi connectivity index (χ0) is 11.8. The van der Waals surface area contributed by atoms with Crippen molar-refractivity contribution in [2.75, 3.05) is 25.6 Å². The van der Waals surface area contributed by atoms with E-state index < -0.39 is 0 Å². The Hall–Kier alpha value is -1.55. The highest BCUT2D eigenvalue weighted by atomic mass is 16.5. The Morgan fingerprint density at radius 2 is 1.94 bits per heavy atom.